The largest absolute Gasteiger partial charge is 0.497 e. The van der Waals surface area contributed by atoms with Gasteiger partial charge in [-0.15, -0.1) is 0 Å². The lowest BCUT2D eigenvalue weighted by atomic mass is 9.95. The molecule has 2 aromatic carbocycles. The van der Waals surface area contributed by atoms with E-state index in [2.05, 4.69) is 16.0 Å². The molecule has 1 aliphatic rings. The van der Waals surface area contributed by atoms with E-state index in [4.69, 9.17) is 9.73 Å². The van der Waals surface area contributed by atoms with Crippen LogP contribution in [0.5, 0.6) is 5.75 Å². The number of ether oxygens (including phenoxy) is 1. The molecule has 7 nitrogen and oxygen atoms in total. The van der Waals surface area contributed by atoms with Crippen LogP contribution in [0.25, 0.3) is 6.08 Å². The monoisotopic (exact) mass is 512 g/mol. The number of allylic oxidation sites excluding steroid dienone is 1. The highest BCUT2D eigenvalue weighted by atomic mass is 32.1. The van der Waals surface area contributed by atoms with Crippen molar-refractivity contribution in [2.45, 2.75) is 26.8 Å². The van der Waals surface area contributed by atoms with Gasteiger partial charge in [0, 0.05) is 24.1 Å². The number of para-hydroxylation sites is 1. The van der Waals surface area contributed by atoms with E-state index < -0.39 is 6.04 Å². The molecule has 0 radical (unpaired) electrons. The fourth-order valence-electron chi connectivity index (χ4n) is 4.63. The fraction of sp³-hybridized carbons (Fsp3) is 0.207. The van der Waals surface area contributed by atoms with Crippen molar-refractivity contribution >= 4 is 29.0 Å². The van der Waals surface area contributed by atoms with E-state index >= 15 is 0 Å². The molecule has 1 atom stereocenters. The third kappa shape index (κ3) is 4.44. The van der Waals surface area contributed by atoms with Crippen LogP contribution in [-0.2, 0) is 11.8 Å². The summed E-state index contributed by atoms with van der Waals surface area (Å²) >= 11 is 1.33. The number of benzene rings is 2. The van der Waals surface area contributed by atoms with E-state index in [0.717, 1.165) is 22.5 Å². The minimum absolute atomic E-state index is 0.185. The number of aryl methyl sites for hydroxylation is 1. The highest BCUT2D eigenvalue weighted by Gasteiger charge is 2.32. The van der Waals surface area contributed by atoms with E-state index in [1.807, 2.05) is 88.5 Å². The molecule has 188 valence electrons. The van der Waals surface area contributed by atoms with Gasteiger partial charge in [0.25, 0.3) is 11.5 Å². The van der Waals surface area contributed by atoms with Crippen LogP contribution >= 0.6 is 11.3 Å². The summed E-state index contributed by atoms with van der Waals surface area (Å²) in [5.41, 5.74) is 5.42. The second kappa shape index (κ2) is 9.71. The number of carbonyl (C=O) groups is 1. The van der Waals surface area contributed by atoms with Crippen molar-refractivity contribution in [3.63, 3.8) is 0 Å². The number of anilines is 1. The molecule has 0 fully saturated rings. The van der Waals surface area contributed by atoms with Gasteiger partial charge in [0.2, 0.25) is 0 Å². The van der Waals surface area contributed by atoms with Crippen molar-refractivity contribution in [3.05, 3.63) is 114 Å². The molecule has 1 N–H and O–H groups in total. The molecule has 8 heteroatoms. The quantitative estimate of drug-likeness (QED) is 0.442. The SMILES string of the molecule is COc1cccc([C@@H]2C(C(=O)Nc3ccccc3)=C(C)N=c3s/c(=C/c4cc(C)n(C)c4C)c(=O)n32)c1. The van der Waals surface area contributed by atoms with E-state index in [1.54, 1.807) is 11.7 Å². The molecule has 0 saturated carbocycles. The first kappa shape index (κ1) is 24.5. The first-order valence-corrected chi connectivity index (χ1v) is 12.8. The Labute approximate surface area is 218 Å². The number of rotatable bonds is 5. The minimum Gasteiger partial charge on any atom is -0.497 e. The van der Waals surface area contributed by atoms with Crippen LogP contribution in [0.3, 0.4) is 0 Å². The Kier molecular flexibility index (Phi) is 6.43. The number of thiazole rings is 1. The predicted molar refractivity (Wildman–Crippen MR) is 147 cm³/mol. The summed E-state index contributed by atoms with van der Waals surface area (Å²) in [6, 6.07) is 18.1. The van der Waals surface area contributed by atoms with Crippen LogP contribution in [0.4, 0.5) is 5.69 Å². The van der Waals surface area contributed by atoms with E-state index in [-0.39, 0.29) is 11.5 Å². The van der Waals surface area contributed by atoms with Gasteiger partial charge in [0.05, 0.1) is 29.0 Å². The van der Waals surface area contributed by atoms with Gasteiger partial charge in [-0.3, -0.25) is 14.2 Å². The lowest BCUT2D eigenvalue weighted by Crippen LogP contribution is -2.40. The highest BCUT2D eigenvalue weighted by Crippen LogP contribution is 2.32. The Bertz CT molecular complexity index is 1720. The first-order chi connectivity index (χ1) is 17.8. The summed E-state index contributed by atoms with van der Waals surface area (Å²) in [7, 11) is 3.60. The lowest BCUT2D eigenvalue weighted by Gasteiger charge is -2.25. The third-order valence-electron chi connectivity index (χ3n) is 6.81. The van der Waals surface area contributed by atoms with Crippen molar-refractivity contribution in [3.8, 4) is 5.75 Å². The van der Waals surface area contributed by atoms with Crippen molar-refractivity contribution in [1.82, 2.24) is 9.13 Å². The van der Waals surface area contributed by atoms with Crippen molar-refractivity contribution < 1.29 is 9.53 Å². The number of amides is 1. The molecule has 0 unspecified atom stereocenters. The zero-order chi connectivity index (χ0) is 26.3. The molecule has 0 saturated heterocycles. The molecule has 37 heavy (non-hydrogen) atoms. The van der Waals surface area contributed by atoms with Crippen molar-refractivity contribution in [2.24, 2.45) is 12.0 Å². The Morgan fingerprint density at radius 1 is 1.08 bits per heavy atom. The zero-order valence-corrected chi connectivity index (χ0v) is 22.2. The normalized spacial score (nSPS) is 15.4. The van der Waals surface area contributed by atoms with E-state index in [0.29, 0.717) is 32.0 Å². The van der Waals surface area contributed by atoms with E-state index in [9.17, 15) is 9.59 Å². The first-order valence-electron chi connectivity index (χ1n) is 11.9. The maximum atomic E-state index is 13.9. The third-order valence-corrected chi connectivity index (χ3v) is 7.79. The highest BCUT2D eigenvalue weighted by molar-refractivity contribution is 7.07. The Balaban J connectivity index is 1.70. The van der Waals surface area contributed by atoms with Gasteiger partial charge < -0.3 is 14.6 Å². The number of nitrogens with one attached hydrogen (secondary N) is 1. The summed E-state index contributed by atoms with van der Waals surface area (Å²) in [4.78, 5) is 32.8. The molecule has 5 rings (SSSR count). The summed E-state index contributed by atoms with van der Waals surface area (Å²) in [6.07, 6.45) is 1.91. The van der Waals surface area contributed by atoms with Gasteiger partial charge in [0.15, 0.2) is 4.80 Å². The molecule has 0 aliphatic carbocycles. The number of hydrogen-bond donors (Lipinski definition) is 1. The number of methoxy groups -OCH3 is 1. The molecular formula is C29H28N4O3S. The van der Waals surface area contributed by atoms with Crippen LogP contribution < -0.4 is 24.9 Å². The summed E-state index contributed by atoms with van der Waals surface area (Å²) < 4.78 is 9.75. The second-order valence-electron chi connectivity index (χ2n) is 9.06. The molecule has 0 bridgehead atoms. The predicted octanol–water partition coefficient (Wildman–Crippen LogP) is 3.84. The minimum atomic E-state index is -0.657. The van der Waals surface area contributed by atoms with Crippen LogP contribution in [0, 0.1) is 13.8 Å². The molecular weight excluding hydrogens is 484 g/mol. The van der Waals surface area contributed by atoms with Gasteiger partial charge in [-0.2, -0.15) is 0 Å². The van der Waals surface area contributed by atoms with Gasteiger partial charge in [-0.1, -0.05) is 41.7 Å². The Morgan fingerprint density at radius 2 is 1.84 bits per heavy atom. The summed E-state index contributed by atoms with van der Waals surface area (Å²) in [5, 5.41) is 2.97. The van der Waals surface area contributed by atoms with Gasteiger partial charge in [-0.25, -0.2) is 4.99 Å². The second-order valence-corrected chi connectivity index (χ2v) is 10.1. The van der Waals surface area contributed by atoms with Crippen molar-refractivity contribution in [1.29, 1.82) is 0 Å². The Hall–Kier alpha value is -4.17. The number of fused-ring (bicyclic) bond motifs is 1. The van der Waals surface area contributed by atoms with Gasteiger partial charge >= 0.3 is 0 Å². The van der Waals surface area contributed by atoms with Gasteiger partial charge in [0.1, 0.15) is 5.75 Å². The number of aromatic nitrogens is 2. The molecule has 4 aromatic rings. The van der Waals surface area contributed by atoms with Crippen molar-refractivity contribution in [2.75, 3.05) is 12.4 Å². The van der Waals surface area contributed by atoms with Crippen LogP contribution in [-0.4, -0.2) is 22.2 Å². The van der Waals surface area contributed by atoms with Crippen LogP contribution in [0.2, 0.25) is 0 Å². The molecule has 1 amide bonds. The number of nitrogens with zero attached hydrogens (tertiary/aromatic N) is 3. The average molecular weight is 513 g/mol. The number of carbonyl (C=O) groups excluding carboxylic acids is 1. The molecule has 3 heterocycles. The number of hydrogen-bond acceptors (Lipinski definition) is 5. The van der Waals surface area contributed by atoms with E-state index in [1.165, 1.54) is 11.3 Å². The molecule has 0 spiro atoms. The topological polar surface area (TPSA) is 77.6 Å². The van der Waals surface area contributed by atoms with Crippen LogP contribution in [0.1, 0.15) is 35.5 Å². The Morgan fingerprint density at radius 3 is 2.51 bits per heavy atom. The summed E-state index contributed by atoms with van der Waals surface area (Å²) in [5.74, 6) is 0.344. The maximum absolute atomic E-state index is 13.9. The van der Waals surface area contributed by atoms with Gasteiger partial charge in [-0.05, 0) is 68.3 Å². The zero-order valence-electron chi connectivity index (χ0n) is 21.4. The standard InChI is InChI=1S/C29H28N4O3S/c1-17-14-21(19(3)32(17)4)16-24-28(35)33-26(20-10-9-13-23(15-20)36-5)25(18(2)30-29(33)37-24)27(34)31-22-11-7-6-8-12-22/h6-16,26H,1-5H3,(H,31,34)/b24-16+/t26-/m1/s1. The average Bonchev–Trinajstić information content (AvgIpc) is 3.33. The molecule has 1 aliphatic heterocycles. The summed E-state index contributed by atoms with van der Waals surface area (Å²) in [6.45, 7) is 5.88. The fourth-order valence-corrected chi connectivity index (χ4v) is 5.67. The maximum Gasteiger partial charge on any atom is 0.271 e. The smallest absolute Gasteiger partial charge is 0.271 e. The lowest BCUT2D eigenvalue weighted by molar-refractivity contribution is -0.113. The van der Waals surface area contributed by atoms with Crippen LogP contribution in [0.15, 0.2) is 81.7 Å². The molecule has 2 aromatic heterocycles.